The van der Waals surface area contributed by atoms with Crippen molar-refractivity contribution < 1.29 is 94.5 Å². The van der Waals surface area contributed by atoms with E-state index in [1.807, 2.05) is 103 Å². The van der Waals surface area contributed by atoms with Gasteiger partial charge >= 0.3 is 12.1 Å². The number of fused-ring (bicyclic) bond motifs is 4. The van der Waals surface area contributed by atoms with Crippen molar-refractivity contribution in [2.45, 2.75) is 217 Å². The molecule has 33 nitrogen and oxygen atoms in total. The summed E-state index contributed by atoms with van der Waals surface area (Å²) in [7, 11) is -1.25. The van der Waals surface area contributed by atoms with Crippen molar-refractivity contribution in [2.24, 2.45) is 23.7 Å². The quantitative estimate of drug-likeness (QED) is 0.0176. The van der Waals surface area contributed by atoms with Gasteiger partial charge in [0.05, 0.1) is 49.7 Å². The van der Waals surface area contributed by atoms with Gasteiger partial charge in [-0.05, 0) is 187 Å². The fourth-order valence-electron chi connectivity index (χ4n) is 18.2. The minimum atomic E-state index is -4.26. The number of ether oxygens (including phenoxy) is 7. The van der Waals surface area contributed by atoms with Crippen LogP contribution in [0, 0.1) is 36.4 Å². The first kappa shape index (κ1) is 99.5. The number of hydrogen-bond donors (Lipinski definition) is 5. The summed E-state index contributed by atoms with van der Waals surface area (Å²) in [4.78, 5) is 143. The van der Waals surface area contributed by atoms with Crippen LogP contribution in [0.5, 0.6) is 5.75 Å². The Morgan fingerprint density at radius 2 is 1.43 bits per heavy atom. The van der Waals surface area contributed by atoms with Crippen LogP contribution in [0.1, 0.15) is 181 Å². The maximum absolute atomic E-state index is 16.0. The number of carbonyl (C=O) groups is 8. The molecule has 0 spiro atoms. The summed E-state index contributed by atoms with van der Waals surface area (Å²) < 4.78 is 84.9. The lowest BCUT2D eigenvalue weighted by Crippen LogP contribution is -2.58. The first-order chi connectivity index (χ1) is 62.9. The third kappa shape index (κ3) is 27.1. The van der Waals surface area contributed by atoms with Crippen LogP contribution in [0.3, 0.4) is 0 Å². The number of carbonyl (C=O) groups excluding carboxylic acids is 8. The number of allylic oxidation sites excluding steroid dienone is 6. The van der Waals surface area contributed by atoms with E-state index in [0.29, 0.717) is 177 Å². The Morgan fingerprint density at radius 3 is 2.14 bits per heavy atom. The lowest BCUT2D eigenvalue weighted by molar-refractivity contribution is -0.245. The number of aliphatic hydroxyl groups is 2. The van der Waals surface area contributed by atoms with Crippen LogP contribution in [-0.2, 0) is 75.3 Å². The number of piperazine rings is 2. The number of aromatic nitrogens is 5. The summed E-state index contributed by atoms with van der Waals surface area (Å²) in [5.74, 6) is -6.44. The van der Waals surface area contributed by atoms with Crippen LogP contribution >= 0.6 is 0 Å². The lowest BCUT2D eigenvalue weighted by atomic mass is 9.83. The van der Waals surface area contributed by atoms with Gasteiger partial charge in [-0.3, -0.25) is 33.7 Å². The minimum Gasteiger partial charge on any atom is -0.491 e. The van der Waals surface area contributed by atoms with Gasteiger partial charge < -0.3 is 84.2 Å². The molecule has 9 heterocycles. The van der Waals surface area contributed by atoms with E-state index in [4.69, 9.17) is 38.9 Å². The number of cyclic esters (lactones) is 1. The highest BCUT2D eigenvalue weighted by Crippen LogP contribution is 2.37. The summed E-state index contributed by atoms with van der Waals surface area (Å²) in [6.07, 6.45) is 22.8. The predicted molar refractivity (Wildman–Crippen MR) is 487 cm³/mol. The number of methoxy groups -OCH3 is 2. The van der Waals surface area contributed by atoms with Crippen molar-refractivity contribution in [3.8, 4) is 16.9 Å². The molecule has 131 heavy (non-hydrogen) atoms. The van der Waals surface area contributed by atoms with Crippen molar-refractivity contribution in [2.75, 3.05) is 134 Å². The van der Waals surface area contributed by atoms with Gasteiger partial charge in [0.25, 0.3) is 23.5 Å². The summed E-state index contributed by atoms with van der Waals surface area (Å²) in [6, 6.07) is 10.5. The third-order valence-corrected chi connectivity index (χ3v) is 27.9. The van der Waals surface area contributed by atoms with E-state index in [1.54, 1.807) is 38.7 Å². The Kier molecular flexibility index (Phi) is 35.8. The average Bonchev–Trinajstić information content (AvgIpc) is 1.52. The van der Waals surface area contributed by atoms with Crippen LogP contribution in [0.2, 0.25) is 0 Å². The van der Waals surface area contributed by atoms with E-state index in [0.717, 1.165) is 41.2 Å². The maximum Gasteiger partial charge on any atom is 0.407 e. The zero-order valence-electron chi connectivity index (χ0n) is 76.6. The monoisotopic (exact) mass is 1830 g/mol. The summed E-state index contributed by atoms with van der Waals surface area (Å²) in [6.45, 7) is 17.4. The number of hydrogen-bond acceptors (Lipinski definition) is 28. The van der Waals surface area contributed by atoms with Crippen LogP contribution in [0.25, 0.3) is 11.1 Å². The second kappa shape index (κ2) is 47.2. The van der Waals surface area contributed by atoms with Crippen molar-refractivity contribution in [1.29, 1.82) is 0 Å². The molecule has 6 aliphatic heterocycles. The molecule has 1 aliphatic carbocycles. The van der Waals surface area contributed by atoms with Gasteiger partial charge in [0.2, 0.25) is 23.6 Å². The van der Waals surface area contributed by atoms with Gasteiger partial charge in [0, 0.05) is 171 Å². The molecule has 2 bridgehead atoms. The van der Waals surface area contributed by atoms with Gasteiger partial charge in [-0.25, -0.2) is 47.3 Å². The van der Waals surface area contributed by atoms with Crippen molar-refractivity contribution in [1.82, 2.24) is 55.2 Å². The molecule has 0 radical (unpaired) electrons. The number of pyridine rings is 1. The Bertz CT molecular complexity index is 5000. The average molecular weight is 1830 g/mol. The number of rotatable bonds is 23. The fourth-order valence-corrected chi connectivity index (χ4v) is 19.5. The highest BCUT2D eigenvalue weighted by atomic mass is 32.2. The second-order valence-electron chi connectivity index (χ2n) is 35.7. The summed E-state index contributed by atoms with van der Waals surface area (Å²) >= 11 is 0. The highest BCUT2D eigenvalue weighted by Gasteiger charge is 2.50. The molecule has 1 saturated carbocycles. The number of esters is 1. The van der Waals surface area contributed by atoms with E-state index < -0.39 is 110 Å². The van der Waals surface area contributed by atoms with E-state index in [2.05, 4.69) is 40.5 Å². The van der Waals surface area contributed by atoms with Crippen molar-refractivity contribution in [3.63, 3.8) is 0 Å². The number of nitrogen functional groups attached to an aromatic ring is 1. The number of amides is 5. The number of sulfone groups is 1. The molecule has 12 rings (SSSR count). The number of aliphatic hydroxyl groups excluding tert-OH is 1. The Labute approximate surface area is 766 Å². The molecule has 5 fully saturated rings. The zero-order chi connectivity index (χ0) is 93.5. The summed E-state index contributed by atoms with van der Waals surface area (Å²) in [5.41, 5.74) is 10.3. The SMILES string of the molecule is CO[C@H]1C[C@@H]2CCC[C@@](O)(O2)C(=O)C(=O)N2CCCC[C@H]2C(=O)O[C@H](CCC2CCC(OC(=O)NCc3cnc(N4CCN(C(=O)CCOCCN5CCN(c6ncc(C(=O)NCCS(=O)(=O)c7ccc(C(=O)N8CCOc9ccc(-c%10ccc(N)nc%10)cc9C8)c(C)c7F)cn6)CC5)CC4)nc3)CC2)CC[C@H](C)/C=C(\C)[C@@H](O)[C@@H](OC)C(=O)[C@H](C)C[C@H](C)/C=C/C=CC=C1C. The van der Waals surface area contributed by atoms with Crippen molar-refractivity contribution >= 4 is 74.8 Å². The minimum absolute atomic E-state index is 0.00797. The molecule has 5 amide bonds. The standard InChI is InChI=1S/C96H129FN14O19S/c1-62-15-10-9-11-16-64(3)80(124-7)54-76-17-14-34-96(121,130-76)88(115)91(118)111-36-13-12-18-78(111)92(119)128-74(25-19-63(2)52-66(5)86(114)87(125-8)85(113)65(4)51-62)26-20-68-21-27-75(28-22-68)129-95(120)105-57-69-55-101-93(102-56-69)109-43-41-107(42-44-109)83(112)33-47-126-48-45-106-37-39-108(40-38-106)94-103-59-73(60-104-94)89(116)99-35-50-131(122,123)81-31-29-77(67(6)84(81)97)90(117)110-46-49-127-79-30-23-70(53-72(79)61-110)71-24-32-82(98)100-58-71/h9-11,15-16,23-24,29-32,52-53,55-56,58-60,62-63,65,68,74-76,78,80,86-87,114,121H,12-14,17-22,25-28,33-51,54,57,61H2,1-8H3,(H2,98,100)(H,99,116)(H,105,120)/b11-9?,15-10+,64-16?,66-52+/t62-,63+,65-,68?,74+,75?,76+,78+,80+,86-,87+,96-/m1/s1. The molecule has 5 aromatic rings. The molecular weight excluding hydrogens is 1700 g/mol. The number of nitrogens with two attached hydrogens (primary N) is 1. The van der Waals surface area contributed by atoms with Crippen LogP contribution in [0.4, 0.5) is 26.9 Å². The molecular formula is C96H129FN14O19S. The molecule has 2 aromatic carbocycles. The third-order valence-electron chi connectivity index (χ3n) is 26.1. The largest absolute Gasteiger partial charge is 0.491 e. The first-order valence-electron chi connectivity index (χ1n) is 46.1. The van der Waals surface area contributed by atoms with E-state index in [1.165, 1.54) is 42.3 Å². The number of anilines is 3. The van der Waals surface area contributed by atoms with Gasteiger partial charge in [-0.1, -0.05) is 63.3 Å². The molecule has 0 unspecified atom stereocenters. The molecule has 7 aliphatic rings. The van der Waals surface area contributed by atoms with Crippen LogP contribution < -0.4 is 30.9 Å². The number of ketones is 2. The number of benzene rings is 2. The van der Waals surface area contributed by atoms with Crippen LogP contribution in [-0.4, -0.2) is 277 Å². The predicted octanol–water partition coefficient (Wildman–Crippen LogP) is 9.61. The molecule has 4 saturated heterocycles. The van der Waals surface area contributed by atoms with Gasteiger partial charge in [-0.15, -0.1) is 0 Å². The normalized spacial score (nSPS) is 26.0. The summed E-state index contributed by atoms with van der Waals surface area (Å²) in [5, 5.41) is 28.9. The molecule has 35 heteroatoms. The molecule has 710 valence electrons. The molecule has 10 atom stereocenters. The number of piperidine rings is 1. The number of nitrogens with one attached hydrogen (secondary N) is 2. The number of nitrogens with zero attached hydrogens (tertiary/aromatic N) is 11. The zero-order valence-corrected chi connectivity index (χ0v) is 77.4. The molecule has 3 aromatic heterocycles. The smallest absolute Gasteiger partial charge is 0.407 e. The Hall–Kier alpha value is -10.5. The fraction of sp³-hybridized carbons (Fsp3) is 0.573. The van der Waals surface area contributed by atoms with E-state index in [-0.39, 0.29) is 117 Å². The van der Waals surface area contributed by atoms with Gasteiger partial charge in [0.1, 0.15) is 59.3 Å². The van der Waals surface area contributed by atoms with E-state index in [9.17, 15) is 57.0 Å². The highest BCUT2D eigenvalue weighted by molar-refractivity contribution is 7.91. The Morgan fingerprint density at radius 1 is 0.710 bits per heavy atom. The van der Waals surface area contributed by atoms with E-state index >= 15 is 4.39 Å². The molecule has 6 N–H and O–H groups in total. The van der Waals surface area contributed by atoms with Gasteiger partial charge in [0.15, 0.2) is 15.6 Å². The number of Topliss-reactive ketones (excluding diaryl/α,β-unsaturated/α-hetero) is 2. The maximum atomic E-state index is 16.0. The number of halogens is 1. The number of alkyl carbamates (subject to hydrolysis) is 1. The Balaban J connectivity index is 0.528. The van der Waals surface area contributed by atoms with Crippen LogP contribution in [0.15, 0.2) is 126 Å². The van der Waals surface area contributed by atoms with Crippen molar-refractivity contribution in [3.05, 3.63) is 155 Å². The first-order valence-corrected chi connectivity index (χ1v) is 47.8. The lowest BCUT2D eigenvalue weighted by Gasteiger charge is -2.39. The second-order valence-corrected chi connectivity index (χ2v) is 37.8. The van der Waals surface area contributed by atoms with Gasteiger partial charge in [-0.2, -0.15) is 0 Å². The topological polar surface area (TPSA) is 410 Å².